The third-order valence-electron chi connectivity index (χ3n) is 5.19. The van der Waals surface area contributed by atoms with E-state index >= 15 is 0 Å². The lowest BCUT2D eigenvalue weighted by molar-refractivity contribution is 0.544. The van der Waals surface area contributed by atoms with Crippen molar-refractivity contribution in [3.63, 3.8) is 0 Å². The highest BCUT2D eigenvalue weighted by Gasteiger charge is 2.26. The first-order valence-electron chi connectivity index (χ1n) is 11.5. The third kappa shape index (κ3) is 11.4. The highest BCUT2D eigenvalue weighted by molar-refractivity contribution is 7.91. The van der Waals surface area contributed by atoms with Crippen molar-refractivity contribution in [1.82, 2.24) is 4.72 Å². The molecule has 1 aromatic heterocycles. The quantitative estimate of drug-likeness (QED) is 0.167. The molecule has 174 valence electrons. The Bertz CT molecular complexity index is 673. The van der Waals surface area contributed by atoms with Gasteiger partial charge in [-0.15, -0.1) is 11.3 Å². The van der Waals surface area contributed by atoms with Crippen molar-refractivity contribution in [2.45, 2.75) is 107 Å². The van der Waals surface area contributed by atoms with Crippen LogP contribution in [0.4, 0.5) is 0 Å². The second-order valence-electron chi connectivity index (χ2n) is 8.09. The van der Waals surface area contributed by atoms with Crippen molar-refractivity contribution in [1.29, 1.82) is 0 Å². The molecule has 1 rings (SSSR count). The number of nitrogens with zero attached hydrogens (tertiary/aromatic N) is 1. The monoisotopic (exact) mass is 458 g/mol. The molecule has 0 amide bonds. The van der Waals surface area contributed by atoms with Gasteiger partial charge in [-0.2, -0.15) is 4.72 Å². The lowest BCUT2D eigenvalue weighted by Gasteiger charge is -2.21. The molecular weight excluding hydrogens is 416 g/mol. The summed E-state index contributed by atoms with van der Waals surface area (Å²) in [5.41, 5.74) is 12.0. The largest absolute Gasteiger partial charge is 0.386 e. The lowest BCUT2D eigenvalue weighted by atomic mass is 10.1. The summed E-state index contributed by atoms with van der Waals surface area (Å²) in [6, 6.07) is 2.09. The molecule has 0 saturated carbocycles. The maximum absolute atomic E-state index is 12.4. The SMILES string of the molecule is CCCCCCCCCCCCCCN=C(N)C(NS(=O)(=O)c1cccs1)C(C)N. The zero-order valence-electron chi connectivity index (χ0n) is 18.8. The van der Waals surface area contributed by atoms with Gasteiger partial charge in [-0.1, -0.05) is 83.6 Å². The average molecular weight is 459 g/mol. The van der Waals surface area contributed by atoms with E-state index in [4.69, 9.17) is 11.5 Å². The predicted octanol–water partition coefficient (Wildman–Crippen LogP) is 4.80. The first kappa shape index (κ1) is 27.1. The van der Waals surface area contributed by atoms with Crippen LogP contribution < -0.4 is 16.2 Å². The van der Waals surface area contributed by atoms with Crippen LogP contribution in [0.15, 0.2) is 26.7 Å². The van der Waals surface area contributed by atoms with E-state index < -0.39 is 22.1 Å². The number of aliphatic imine (C=N–C) groups is 1. The maximum Gasteiger partial charge on any atom is 0.250 e. The summed E-state index contributed by atoms with van der Waals surface area (Å²) in [6.45, 7) is 4.59. The van der Waals surface area contributed by atoms with Gasteiger partial charge >= 0.3 is 0 Å². The first-order valence-corrected chi connectivity index (χ1v) is 13.9. The zero-order valence-corrected chi connectivity index (χ0v) is 20.4. The minimum Gasteiger partial charge on any atom is -0.386 e. The molecule has 0 bridgehead atoms. The Kier molecular flexibility index (Phi) is 14.2. The minimum absolute atomic E-state index is 0.252. The fourth-order valence-corrected chi connectivity index (χ4v) is 5.65. The van der Waals surface area contributed by atoms with Crippen molar-refractivity contribution in [2.75, 3.05) is 6.54 Å². The zero-order chi connectivity index (χ0) is 22.2. The van der Waals surface area contributed by atoms with Crippen LogP contribution in [0.3, 0.4) is 0 Å². The number of nitrogens with one attached hydrogen (secondary N) is 1. The molecule has 8 heteroatoms. The highest BCUT2D eigenvalue weighted by Crippen LogP contribution is 2.16. The van der Waals surface area contributed by atoms with E-state index in [1.807, 2.05) is 0 Å². The van der Waals surface area contributed by atoms with E-state index in [0.717, 1.165) is 24.2 Å². The molecule has 0 saturated heterocycles. The number of thiophene rings is 1. The van der Waals surface area contributed by atoms with E-state index in [-0.39, 0.29) is 10.0 Å². The molecule has 1 aromatic rings. The standard InChI is InChI=1S/C22H42N4O2S2/c1-3-4-5-6-7-8-9-10-11-12-13-14-17-25-22(24)21(19(2)23)26-30(27,28)20-16-15-18-29-20/h15-16,18-19,21,26H,3-14,17,23H2,1-2H3,(H2,24,25). The van der Waals surface area contributed by atoms with E-state index in [1.165, 1.54) is 64.2 Å². The smallest absolute Gasteiger partial charge is 0.250 e. The molecule has 2 unspecified atom stereocenters. The Morgan fingerprint density at radius 2 is 1.57 bits per heavy atom. The van der Waals surface area contributed by atoms with E-state index in [2.05, 4.69) is 16.6 Å². The van der Waals surface area contributed by atoms with E-state index in [0.29, 0.717) is 6.54 Å². The summed E-state index contributed by atoms with van der Waals surface area (Å²) in [4.78, 5) is 4.38. The van der Waals surface area contributed by atoms with Gasteiger partial charge in [0.05, 0.1) is 6.04 Å². The van der Waals surface area contributed by atoms with Gasteiger partial charge in [0, 0.05) is 12.6 Å². The van der Waals surface area contributed by atoms with Gasteiger partial charge in [-0.05, 0) is 24.8 Å². The molecule has 0 fully saturated rings. The van der Waals surface area contributed by atoms with Crippen LogP contribution in [0.1, 0.15) is 90.9 Å². The Hall–Kier alpha value is -0.960. The highest BCUT2D eigenvalue weighted by atomic mass is 32.2. The second kappa shape index (κ2) is 15.8. The molecular formula is C22H42N4O2S2. The molecule has 30 heavy (non-hydrogen) atoms. The first-order chi connectivity index (χ1) is 14.4. The Balaban J connectivity index is 2.21. The number of unbranched alkanes of at least 4 members (excludes halogenated alkanes) is 11. The summed E-state index contributed by atoms with van der Waals surface area (Å²) in [5, 5.41) is 1.72. The Morgan fingerprint density at radius 3 is 2.03 bits per heavy atom. The number of rotatable bonds is 18. The van der Waals surface area contributed by atoms with Gasteiger partial charge in [0.15, 0.2) is 0 Å². The van der Waals surface area contributed by atoms with Crippen LogP contribution in [0.5, 0.6) is 0 Å². The van der Waals surface area contributed by atoms with Gasteiger partial charge < -0.3 is 11.5 Å². The van der Waals surface area contributed by atoms with Gasteiger partial charge in [-0.3, -0.25) is 4.99 Å². The van der Waals surface area contributed by atoms with E-state index in [1.54, 1.807) is 24.4 Å². The predicted molar refractivity (Wildman–Crippen MR) is 130 cm³/mol. The van der Waals surface area contributed by atoms with Gasteiger partial charge in [0.1, 0.15) is 10.0 Å². The van der Waals surface area contributed by atoms with Crippen LogP contribution in [-0.2, 0) is 10.0 Å². The normalized spacial score (nSPS) is 14.7. The topological polar surface area (TPSA) is 111 Å². The number of sulfonamides is 1. The van der Waals surface area contributed by atoms with Crippen molar-refractivity contribution >= 4 is 27.2 Å². The van der Waals surface area contributed by atoms with Crippen molar-refractivity contribution in [2.24, 2.45) is 16.5 Å². The van der Waals surface area contributed by atoms with Crippen molar-refractivity contribution < 1.29 is 8.42 Å². The van der Waals surface area contributed by atoms with Crippen molar-refractivity contribution in [3.8, 4) is 0 Å². The molecule has 6 nitrogen and oxygen atoms in total. The maximum atomic E-state index is 12.4. The van der Waals surface area contributed by atoms with Gasteiger partial charge in [0.2, 0.25) is 0 Å². The summed E-state index contributed by atoms with van der Waals surface area (Å²) < 4.78 is 27.7. The van der Waals surface area contributed by atoms with Crippen LogP contribution in [0.25, 0.3) is 0 Å². The number of hydrogen-bond acceptors (Lipinski definition) is 5. The third-order valence-corrected chi connectivity index (χ3v) is 8.03. The number of nitrogens with two attached hydrogens (primary N) is 2. The van der Waals surface area contributed by atoms with Gasteiger partial charge in [-0.25, -0.2) is 8.42 Å². The lowest BCUT2D eigenvalue weighted by Crippen LogP contribution is -2.53. The molecule has 0 spiro atoms. The summed E-state index contributed by atoms with van der Waals surface area (Å²) in [5.74, 6) is 0.258. The van der Waals surface area contributed by atoms with Crippen LogP contribution >= 0.6 is 11.3 Å². The summed E-state index contributed by atoms with van der Waals surface area (Å²) >= 11 is 1.16. The summed E-state index contributed by atoms with van der Waals surface area (Å²) in [7, 11) is -3.64. The molecule has 0 aliphatic heterocycles. The van der Waals surface area contributed by atoms with E-state index in [9.17, 15) is 8.42 Å². The molecule has 0 radical (unpaired) electrons. The fourth-order valence-electron chi connectivity index (χ4n) is 3.34. The van der Waals surface area contributed by atoms with Crippen LogP contribution in [-0.4, -0.2) is 32.9 Å². The minimum atomic E-state index is -3.64. The molecule has 1 heterocycles. The molecule has 0 aliphatic carbocycles. The average Bonchev–Trinajstić information content (AvgIpc) is 3.25. The Morgan fingerprint density at radius 1 is 1.03 bits per heavy atom. The number of amidine groups is 1. The molecule has 0 aliphatic rings. The fraction of sp³-hybridized carbons (Fsp3) is 0.773. The second-order valence-corrected chi connectivity index (χ2v) is 11.0. The molecule has 0 aromatic carbocycles. The van der Waals surface area contributed by atoms with Gasteiger partial charge in [0.25, 0.3) is 10.0 Å². The molecule has 2 atom stereocenters. The van der Waals surface area contributed by atoms with Crippen LogP contribution in [0, 0.1) is 0 Å². The Labute approximate surface area is 188 Å². The number of hydrogen-bond donors (Lipinski definition) is 3. The van der Waals surface area contributed by atoms with Crippen molar-refractivity contribution in [3.05, 3.63) is 17.5 Å². The molecule has 5 N–H and O–H groups in total. The summed E-state index contributed by atoms with van der Waals surface area (Å²) in [6.07, 6.45) is 15.4. The van der Waals surface area contributed by atoms with Crippen LogP contribution in [0.2, 0.25) is 0 Å².